The summed E-state index contributed by atoms with van der Waals surface area (Å²) in [5.41, 5.74) is -3.11. The molecular formula is C30H34F5N5O3S. The van der Waals surface area contributed by atoms with Crippen molar-refractivity contribution in [1.29, 1.82) is 0 Å². The maximum Gasteiger partial charge on any atom is 0.417 e. The quantitative estimate of drug-likeness (QED) is 0.332. The lowest BCUT2D eigenvalue weighted by atomic mass is 9.95. The van der Waals surface area contributed by atoms with Gasteiger partial charge in [-0.2, -0.15) is 18.2 Å². The summed E-state index contributed by atoms with van der Waals surface area (Å²) in [6, 6.07) is 2.95. The van der Waals surface area contributed by atoms with E-state index in [1.54, 1.807) is 46.7 Å². The topological polar surface area (TPSA) is 70.9 Å². The summed E-state index contributed by atoms with van der Waals surface area (Å²) in [5.74, 6) is -2.01. The molecule has 238 valence electrons. The fourth-order valence-corrected chi connectivity index (χ4v) is 7.35. The van der Waals surface area contributed by atoms with E-state index in [2.05, 4.69) is 4.98 Å². The summed E-state index contributed by atoms with van der Waals surface area (Å²) in [6.45, 7) is 8.22. The van der Waals surface area contributed by atoms with E-state index in [0.717, 1.165) is 30.0 Å². The highest BCUT2D eigenvalue weighted by Crippen LogP contribution is 2.50. The number of aromatic nitrogens is 2. The summed E-state index contributed by atoms with van der Waals surface area (Å²) in [6.07, 6.45) is -5.43. The number of alkyl halides is 3. The summed E-state index contributed by atoms with van der Waals surface area (Å²) in [5, 5.41) is -0.264. The smallest absolute Gasteiger partial charge is 0.417 e. The molecule has 1 amide bonds. The number of carbonyl (C=O) groups excluding carboxylic acids is 1. The Bertz CT molecular complexity index is 1670. The first-order chi connectivity index (χ1) is 20.4. The highest BCUT2D eigenvalue weighted by atomic mass is 32.2. The molecule has 8 nitrogen and oxygen atoms in total. The van der Waals surface area contributed by atoms with Gasteiger partial charge in [0.15, 0.2) is 0 Å². The van der Waals surface area contributed by atoms with Crippen molar-refractivity contribution in [3.63, 3.8) is 0 Å². The Morgan fingerprint density at radius 2 is 1.82 bits per heavy atom. The van der Waals surface area contributed by atoms with Crippen LogP contribution in [-0.2, 0) is 17.5 Å². The second-order valence-electron chi connectivity index (χ2n) is 12.4. The molecule has 1 fully saturated rings. The van der Waals surface area contributed by atoms with Crippen molar-refractivity contribution in [3.05, 3.63) is 51.9 Å². The lowest BCUT2D eigenvalue weighted by molar-refractivity contribution is -0.137. The average Bonchev–Trinajstić information content (AvgIpc) is 2.88. The Hall–Kier alpha value is -3.39. The summed E-state index contributed by atoms with van der Waals surface area (Å²) in [4.78, 5) is 35.8. The number of amides is 1. The minimum atomic E-state index is -4.92. The third-order valence-corrected chi connectivity index (χ3v) is 8.76. The van der Waals surface area contributed by atoms with Gasteiger partial charge in [-0.25, -0.2) is 18.4 Å². The molecule has 2 unspecified atom stereocenters. The van der Waals surface area contributed by atoms with E-state index >= 15 is 4.39 Å². The van der Waals surface area contributed by atoms with Crippen molar-refractivity contribution in [2.75, 3.05) is 45.2 Å². The van der Waals surface area contributed by atoms with Gasteiger partial charge in [0.2, 0.25) is 0 Å². The number of benzene rings is 2. The van der Waals surface area contributed by atoms with Crippen LogP contribution in [0.4, 0.5) is 32.6 Å². The molecule has 2 aromatic carbocycles. The SMILES string of the molecule is CC1CN(C(=O)OC(C)(C)C)CCN1c1nc(=O)n2c3c(c(-c4ccc(F)cc4F)c(C(F)(F)F)cc13)SC(CN(C)C)C2. The van der Waals surface area contributed by atoms with Crippen molar-refractivity contribution in [1.82, 2.24) is 19.4 Å². The van der Waals surface area contributed by atoms with Crippen LogP contribution in [0.5, 0.6) is 0 Å². The minimum absolute atomic E-state index is 0.0575. The number of hydrogen-bond donors (Lipinski definition) is 0. The number of carbonyl (C=O) groups is 1. The van der Waals surface area contributed by atoms with Crippen LogP contribution in [0.1, 0.15) is 33.3 Å². The van der Waals surface area contributed by atoms with E-state index < -0.39 is 57.9 Å². The largest absolute Gasteiger partial charge is 0.444 e. The van der Waals surface area contributed by atoms with Gasteiger partial charge in [0.05, 0.1) is 11.1 Å². The predicted octanol–water partition coefficient (Wildman–Crippen LogP) is 5.84. The van der Waals surface area contributed by atoms with Gasteiger partial charge in [0, 0.05) is 71.5 Å². The van der Waals surface area contributed by atoms with E-state index in [9.17, 15) is 27.2 Å². The van der Waals surface area contributed by atoms with Crippen LogP contribution < -0.4 is 10.6 Å². The molecule has 0 bridgehead atoms. The second kappa shape index (κ2) is 11.5. The van der Waals surface area contributed by atoms with Crippen molar-refractivity contribution in [2.45, 2.75) is 62.2 Å². The molecule has 5 rings (SSSR count). The lowest BCUT2D eigenvalue weighted by Crippen LogP contribution is -2.55. The molecule has 3 heterocycles. The van der Waals surface area contributed by atoms with Crippen LogP contribution in [0.15, 0.2) is 34.0 Å². The van der Waals surface area contributed by atoms with Crippen LogP contribution in [0, 0.1) is 11.6 Å². The molecule has 14 heteroatoms. The Balaban J connectivity index is 1.73. The Labute approximate surface area is 255 Å². The number of nitrogens with zero attached hydrogens (tertiary/aromatic N) is 5. The molecule has 0 aliphatic carbocycles. The van der Waals surface area contributed by atoms with Gasteiger partial charge >= 0.3 is 18.0 Å². The minimum Gasteiger partial charge on any atom is -0.444 e. The number of thioether (sulfide) groups is 1. The lowest BCUT2D eigenvalue weighted by Gasteiger charge is -2.41. The number of halogens is 5. The monoisotopic (exact) mass is 639 g/mol. The van der Waals surface area contributed by atoms with Gasteiger partial charge in [0.1, 0.15) is 23.1 Å². The first-order valence-corrected chi connectivity index (χ1v) is 15.0. The van der Waals surface area contributed by atoms with Crippen LogP contribution in [0.3, 0.4) is 0 Å². The maximum absolute atomic E-state index is 15.2. The van der Waals surface area contributed by atoms with Gasteiger partial charge in [-0.05, 0) is 60.0 Å². The fraction of sp³-hybridized carbons (Fsp3) is 0.500. The number of piperazine rings is 1. The van der Waals surface area contributed by atoms with E-state index in [1.165, 1.54) is 9.47 Å². The Kier molecular flexibility index (Phi) is 8.38. The molecule has 3 aromatic rings. The highest BCUT2D eigenvalue weighted by molar-refractivity contribution is 8.00. The van der Waals surface area contributed by atoms with Gasteiger partial charge in [-0.15, -0.1) is 11.8 Å². The standard InChI is InChI=1S/C30H34F5N5O3S/c1-16-13-38(28(42)43-29(2,3)4)9-10-39(16)26-20-12-21(30(33,34)35)23(19-8-7-17(31)11-22(19)32)25-24(20)40(27(41)36-26)15-18(44-25)14-37(5)6/h7-8,11-12,16,18H,9-10,13-15H2,1-6H3. The van der Waals surface area contributed by atoms with Crippen molar-refractivity contribution < 1.29 is 31.5 Å². The third kappa shape index (κ3) is 6.23. The summed E-state index contributed by atoms with van der Waals surface area (Å²) in [7, 11) is 3.61. The third-order valence-electron chi connectivity index (χ3n) is 7.50. The Morgan fingerprint density at radius 1 is 1.11 bits per heavy atom. The summed E-state index contributed by atoms with van der Waals surface area (Å²) < 4.78 is 80.4. The van der Waals surface area contributed by atoms with E-state index in [0.29, 0.717) is 12.6 Å². The number of ether oxygens (including phenoxy) is 1. The zero-order chi connectivity index (χ0) is 32.3. The molecule has 44 heavy (non-hydrogen) atoms. The van der Waals surface area contributed by atoms with Crippen LogP contribution in [0.2, 0.25) is 0 Å². The molecule has 1 saturated heterocycles. The number of rotatable bonds is 4. The van der Waals surface area contributed by atoms with Crippen LogP contribution in [-0.4, -0.2) is 82.6 Å². The van der Waals surface area contributed by atoms with Crippen molar-refractivity contribution in [3.8, 4) is 11.1 Å². The van der Waals surface area contributed by atoms with Crippen LogP contribution in [0.25, 0.3) is 22.0 Å². The van der Waals surface area contributed by atoms with Gasteiger partial charge < -0.3 is 19.4 Å². The first kappa shape index (κ1) is 32.0. The molecular weight excluding hydrogens is 605 g/mol. The highest BCUT2D eigenvalue weighted by Gasteiger charge is 2.41. The maximum atomic E-state index is 15.2. The van der Waals surface area contributed by atoms with Crippen LogP contribution >= 0.6 is 11.8 Å². The molecule has 0 spiro atoms. The van der Waals surface area contributed by atoms with E-state index in [4.69, 9.17) is 4.74 Å². The van der Waals surface area contributed by atoms with Gasteiger partial charge in [-0.3, -0.25) is 4.57 Å². The molecule has 0 radical (unpaired) electrons. The van der Waals surface area contributed by atoms with E-state index in [1.807, 2.05) is 4.90 Å². The molecule has 2 aliphatic rings. The van der Waals surface area contributed by atoms with Gasteiger partial charge in [0.25, 0.3) is 0 Å². The average molecular weight is 640 g/mol. The molecule has 0 saturated carbocycles. The zero-order valence-corrected chi connectivity index (χ0v) is 26.1. The fourth-order valence-electron chi connectivity index (χ4n) is 5.75. The summed E-state index contributed by atoms with van der Waals surface area (Å²) >= 11 is 1.14. The molecule has 1 aromatic heterocycles. The molecule has 2 aliphatic heterocycles. The Morgan fingerprint density at radius 3 is 2.41 bits per heavy atom. The van der Waals surface area contributed by atoms with E-state index in [-0.39, 0.29) is 53.0 Å². The molecule has 2 atom stereocenters. The van der Waals surface area contributed by atoms with Crippen molar-refractivity contribution >= 4 is 34.6 Å². The first-order valence-electron chi connectivity index (χ1n) is 14.1. The number of anilines is 1. The number of hydrogen-bond acceptors (Lipinski definition) is 7. The zero-order valence-electron chi connectivity index (χ0n) is 25.3. The van der Waals surface area contributed by atoms with Gasteiger partial charge in [-0.1, -0.05) is 0 Å². The normalized spacial score (nSPS) is 19.2. The molecule has 0 N–H and O–H groups in total. The second-order valence-corrected chi connectivity index (χ2v) is 13.8. The van der Waals surface area contributed by atoms with Crippen molar-refractivity contribution in [2.24, 2.45) is 0 Å². The predicted molar refractivity (Wildman–Crippen MR) is 159 cm³/mol.